The average molecular weight is 322 g/mol. The number of aliphatic carboxylic acids is 1. The second-order valence-corrected chi connectivity index (χ2v) is 5.97. The van der Waals surface area contributed by atoms with Gasteiger partial charge in [0.15, 0.2) is 0 Å². The van der Waals surface area contributed by atoms with Crippen molar-refractivity contribution in [3.05, 3.63) is 23.5 Å². The largest absolute Gasteiger partial charge is 0.480 e. The van der Waals surface area contributed by atoms with Gasteiger partial charge in [-0.05, 0) is 5.92 Å². The van der Waals surface area contributed by atoms with Crippen LogP contribution in [-0.4, -0.2) is 37.8 Å². The number of carbonyl (C=O) groups is 2. The molecule has 0 spiro atoms. The first-order valence-corrected chi connectivity index (χ1v) is 7.78. The van der Waals surface area contributed by atoms with Gasteiger partial charge in [0.1, 0.15) is 16.7 Å². The van der Waals surface area contributed by atoms with Crippen LogP contribution < -0.4 is 5.32 Å². The first-order valence-electron chi connectivity index (χ1n) is 6.90. The number of carbonyl (C=O) groups excluding carboxylic acids is 1. The zero-order valence-corrected chi connectivity index (χ0v) is 13.4. The van der Waals surface area contributed by atoms with Crippen molar-refractivity contribution in [1.82, 2.24) is 20.1 Å². The Morgan fingerprint density at radius 1 is 1.50 bits per heavy atom. The molecule has 0 aromatic carbocycles. The Morgan fingerprint density at radius 2 is 2.23 bits per heavy atom. The van der Waals surface area contributed by atoms with E-state index in [2.05, 4.69) is 15.4 Å². The maximum absolute atomic E-state index is 12.2. The van der Waals surface area contributed by atoms with Crippen LogP contribution >= 0.6 is 11.3 Å². The fourth-order valence-electron chi connectivity index (χ4n) is 1.94. The Balaban J connectivity index is 2.13. The molecule has 0 aliphatic heterocycles. The van der Waals surface area contributed by atoms with Crippen molar-refractivity contribution >= 4 is 23.2 Å². The van der Waals surface area contributed by atoms with Crippen molar-refractivity contribution < 1.29 is 14.7 Å². The van der Waals surface area contributed by atoms with Gasteiger partial charge in [0, 0.05) is 24.2 Å². The molecule has 22 heavy (non-hydrogen) atoms. The van der Waals surface area contributed by atoms with Gasteiger partial charge in [-0.2, -0.15) is 5.10 Å². The van der Waals surface area contributed by atoms with Crippen molar-refractivity contribution in [1.29, 1.82) is 0 Å². The van der Waals surface area contributed by atoms with E-state index in [1.807, 2.05) is 6.92 Å². The molecule has 8 heteroatoms. The lowest BCUT2D eigenvalue weighted by atomic mass is 9.99. The number of thiazole rings is 1. The minimum absolute atomic E-state index is 0.155. The number of rotatable bonds is 6. The third kappa shape index (κ3) is 3.51. The molecule has 2 aromatic heterocycles. The summed E-state index contributed by atoms with van der Waals surface area (Å²) in [6.07, 6.45) is 4.13. The maximum Gasteiger partial charge on any atom is 0.326 e. The summed E-state index contributed by atoms with van der Waals surface area (Å²) in [4.78, 5) is 27.7. The number of nitrogens with zero attached hydrogens (tertiary/aromatic N) is 3. The summed E-state index contributed by atoms with van der Waals surface area (Å²) in [6.45, 7) is 3.68. The Hall–Kier alpha value is -2.22. The third-order valence-electron chi connectivity index (χ3n) is 3.45. The van der Waals surface area contributed by atoms with Gasteiger partial charge in [-0.1, -0.05) is 20.3 Å². The highest BCUT2D eigenvalue weighted by Gasteiger charge is 2.26. The highest BCUT2D eigenvalue weighted by molar-refractivity contribution is 7.13. The van der Waals surface area contributed by atoms with Crippen molar-refractivity contribution in [3.8, 4) is 10.6 Å². The molecule has 2 atom stereocenters. The molecule has 2 N–H and O–H groups in total. The van der Waals surface area contributed by atoms with E-state index in [9.17, 15) is 14.7 Å². The molecule has 2 heterocycles. The van der Waals surface area contributed by atoms with Crippen LogP contribution in [0.5, 0.6) is 0 Å². The van der Waals surface area contributed by atoms with Gasteiger partial charge >= 0.3 is 5.97 Å². The lowest BCUT2D eigenvalue weighted by Crippen LogP contribution is -2.45. The third-order valence-corrected chi connectivity index (χ3v) is 4.35. The number of aryl methyl sites for hydroxylation is 1. The van der Waals surface area contributed by atoms with Gasteiger partial charge < -0.3 is 10.4 Å². The van der Waals surface area contributed by atoms with Gasteiger partial charge in [0.2, 0.25) is 0 Å². The summed E-state index contributed by atoms with van der Waals surface area (Å²) in [7, 11) is 1.80. The van der Waals surface area contributed by atoms with E-state index in [-0.39, 0.29) is 11.6 Å². The van der Waals surface area contributed by atoms with Gasteiger partial charge in [-0.15, -0.1) is 11.3 Å². The number of carboxylic acid groups (broad SMARTS) is 1. The standard InChI is InChI=1S/C14H18N4O3S/c1-4-8(2)11(14(20)21)17-12(19)10-7-22-13(16-10)9-5-15-18(3)6-9/h5-8,11H,4H2,1-3H3,(H,17,19)(H,20,21)/t8-,11-/m0/s1. The minimum Gasteiger partial charge on any atom is -0.480 e. The van der Waals surface area contributed by atoms with Crippen LogP contribution in [0.2, 0.25) is 0 Å². The second kappa shape index (κ2) is 6.69. The van der Waals surface area contributed by atoms with E-state index in [0.29, 0.717) is 11.4 Å². The molecule has 1 amide bonds. The highest BCUT2D eigenvalue weighted by atomic mass is 32.1. The van der Waals surface area contributed by atoms with Crippen LogP contribution in [0.1, 0.15) is 30.8 Å². The first-order chi connectivity index (χ1) is 10.4. The topological polar surface area (TPSA) is 97.1 Å². The lowest BCUT2D eigenvalue weighted by Gasteiger charge is -2.19. The predicted octanol–water partition coefficient (Wildman–Crippen LogP) is 1.77. The number of aromatic nitrogens is 3. The summed E-state index contributed by atoms with van der Waals surface area (Å²) in [6, 6.07) is -0.916. The SMILES string of the molecule is CC[C@H](C)[C@H](NC(=O)c1csc(-c2cnn(C)c2)n1)C(=O)O. The Morgan fingerprint density at radius 3 is 2.77 bits per heavy atom. The summed E-state index contributed by atoms with van der Waals surface area (Å²) in [5.74, 6) is -1.66. The smallest absolute Gasteiger partial charge is 0.326 e. The summed E-state index contributed by atoms with van der Waals surface area (Å²) in [5.41, 5.74) is 1.04. The molecular weight excluding hydrogens is 304 g/mol. The highest BCUT2D eigenvalue weighted by Crippen LogP contribution is 2.23. The van der Waals surface area contributed by atoms with Crippen molar-refractivity contribution in [2.24, 2.45) is 13.0 Å². The number of amides is 1. The molecule has 0 radical (unpaired) electrons. The van der Waals surface area contributed by atoms with Crippen molar-refractivity contribution in [2.45, 2.75) is 26.3 Å². The van der Waals surface area contributed by atoms with Gasteiger partial charge in [-0.25, -0.2) is 9.78 Å². The monoisotopic (exact) mass is 322 g/mol. The van der Waals surface area contributed by atoms with E-state index in [0.717, 1.165) is 5.56 Å². The molecule has 118 valence electrons. The van der Waals surface area contributed by atoms with Crippen LogP contribution in [0, 0.1) is 5.92 Å². The Bertz CT molecular complexity index is 679. The molecule has 0 saturated heterocycles. The quantitative estimate of drug-likeness (QED) is 0.845. The molecule has 2 rings (SSSR count). The second-order valence-electron chi connectivity index (χ2n) is 5.12. The summed E-state index contributed by atoms with van der Waals surface area (Å²) >= 11 is 1.32. The Kier molecular flexibility index (Phi) is 4.92. The first kappa shape index (κ1) is 16.2. The molecule has 2 aromatic rings. The van der Waals surface area contributed by atoms with E-state index in [1.165, 1.54) is 11.3 Å². The van der Waals surface area contributed by atoms with Crippen LogP contribution in [0.4, 0.5) is 0 Å². The summed E-state index contributed by atoms with van der Waals surface area (Å²) < 4.78 is 1.65. The van der Waals surface area contributed by atoms with Crippen LogP contribution in [0.3, 0.4) is 0 Å². The van der Waals surface area contributed by atoms with Crippen LogP contribution in [0.15, 0.2) is 17.8 Å². The number of hydrogen-bond acceptors (Lipinski definition) is 5. The number of hydrogen-bond donors (Lipinski definition) is 2. The Labute approximate surface area is 132 Å². The molecule has 0 saturated carbocycles. The molecule has 0 bridgehead atoms. The average Bonchev–Trinajstić information content (AvgIpc) is 3.11. The molecular formula is C14H18N4O3S. The van der Waals surface area contributed by atoms with E-state index in [4.69, 9.17) is 0 Å². The van der Waals surface area contributed by atoms with Crippen LogP contribution in [0.25, 0.3) is 10.6 Å². The van der Waals surface area contributed by atoms with Crippen molar-refractivity contribution in [3.63, 3.8) is 0 Å². The van der Waals surface area contributed by atoms with E-state index in [1.54, 1.807) is 36.4 Å². The summed E-state index contributed by atoms with van der Waals surface area (Å²) in [5, 5.41) is 18.1. The number of nitrogens with one attached hydrogen (secondary N) is 1. The normalized spacial score (nSPS) is 13.6. The predicted molar refractivity (Wildman–Crippen MR) is 82.7 cm³/mol. The van der Waals surface area contributed by atoms with Gasteiger partial charge in [-0.3, -0.25) is 9.48 Å². The van der Waals surface area contributed by atoms with Gasteiger partial charge in [0.05, 0.1) is 6.20 Å². The van der Waals surface area contributed by atoms with Crippen LogP contribution in [-0.2, 0) is 11.8 Å². The lowest BCUT2D eigenvalue weighted by molar-refractivity contribution is -0.140. The van der Waals surface area contributed by atoms with E-state index >= 15 is 0 Å². The van der Waals surface area contributed by atoms with E-state index < -0.39 is 17.9 Å². The number of carboxylic acids is 1. The minimum atomic E-state index is -1.04. The maximum atomic E-state index is 12.2. The fourth-order valence-corrected chi connectivity index (χ4v) is 2.72. The zero-order valence-electron chi connectivity index (χ0n) is 12.6. The van der Waals surface area contributed by atoms with Gasteiger partial charge in [0.25, 0.3) is 5.91 Å². The van der Waals surface area contributed by atoms with Crippen molar-refractivity contribution in [2.75, 3.05) is 0 Å². The zero-order chi connectivity index (χ0) is 16.3. The fraction of sp³-hybridized carbons (Fsp3) is 0.429. The molecule has 0 aliphatic rings. The molecule has 0 fully saturated rings. The molecule has 0 aliphatic carbocycles. The molecule has 0 unspecified atom stereocenters. The molecule has 7 nitrogen and oxygen atoms in total.